The van der Waals surface area contributed by atoms with Gasteiger partial charge in [-0.15, -0.1) is 0 Å². The molecule has 8 heavy (non-hydrogen) atoms. The second-order valence-corrected chi connectivity index (χ2v) is 14.6. The summed E-state index contributed by atoms with van der Waals surface area (Å²) in [5, 5.41) is 0. The van der Waals surface area contributed by atoms with Crippen molar-refractivity contribution in [3.05, 3.63) is 12.4 Å². The summed E-state index contributed by atoms with van der Waals surface area (Å²) in [5.41, 5.74) is 0. The minimum absolute atomic E-state index is 0.250. The molecular weight excluding hydrogens is 306 g/mol. The molecule has 0 spiro atoms. The van der Waals surface area contributed by atoms with Gasteiger partial charge in [0.1, 0.15) is 0 Å². The molecule has 6 heteroatoms. The number of hydrogen-bond donors (Lipinski definition) is 0. The van der Waals surface area contributed by atoms with Gasteiger partial charge in [-0.25, -0.2) is 4.39 Å². The number of hydrogen-bond acceptors (Lipinski definition) is 0. The van der Waals surface area contributed by atoms with Gasteiger partial charge in [0.2, 0.25) is 0 Å². The van der Waals surface area contributed by atoms with Crippen molar-refractivity contribution in [1.82, 2.24) is 0 Å². The SMILES string of the molecule is FC=C(F)F.[Br][Zn][Br]. The summed E-state index contributed by atoms with van der Waals surface area (Å²) in [5.74, 6) is 0. The molecule has 0 fully saturated rings. The Bertz CT molecular complexity index is 62.3. The molecule has 0 aromatic rings. The van der Waals surface area contributed by atoms with E-state index in [1.165, 1.54) is 0 Å². The molecule has 0 heterocycles. The summed E-state index contributed by atoms with van der Waals surface area (Å²) in [6, 6.07) is 0. The predicted octanol–water partition coefficient (Wildman–Crippen LogP) is 3.38. The third-order valence-electron chi connectivity index (χ3n) is 0.0825. The van der Waals surface area contributed by atoms with Gasteiger partial charge in [-0.2, -0.15) is 8.78 Å². The zero-order chi connectivity index (χ0) is 6.99. The second-order valence-electron chi connectivity index (χ2n) is 0.500. The van der Waals surface area contributed by atoms with E-state index in [1.54, 1.807) is 0 Å². The Morgan fingerprint density at radius 1 is 1.38 bits per heavy atom. The zero-order valence-electron chi connectivity index (χ0n) is 3.67. The van der Waals surface area contributed by atoms with E-state index >= 15 is 0 Å². The fourth-order valence-corrected chi connectivity index (χ4v) is 0. The van der Waals surface area contributed by atoms with Gasteiger partial charge in [-0.05, 0) is 0 Å². The Kier molecular flexibility index (Phi) is 16.3. The average Bonchev–Trinajstić information content (AvgIpc) is 1.69. The van der Waals surface area contributed by atoms with Crippen molar-refractivity contribution in [3.63, 3.8) is 0 Å². The molecule has 0 nitrogen and oxygen atoms in total. The molecular formula is C2HBr2F3Zn. The van der Waals surface area contributed by atoms with E-state index in [0.29, 0.717) is 0 Å². The molecule has 0 N–H and O–H groups in total. The van der Waals surface area contributed by atoms with Crippen LogP contribution in [0.2, 0.25) is 0 Å². The van der Waals surface area contributed by atoms with E-state index in [4.69, 9.17) is 0 Å². The van der Waals surface area contributed by atoms with Crippen LogP contribution in [0.1, 0.15) is 0 Å². The van der Waals surface area contributed by atoms with Crippen LogP contribution < -0.4 is 0 Å². The van der Waals surface area contributed by atoms with Gasteiger partial charge in [0, 0.05) is 0 Å². The van der Waals surface area contributed by atoms with E-state index in [2.05, 4.69) is 27.2 Å². The summed E-state index contributed by atoms with van der Waals surface area (Å²) in [6.07, 6.45) is -3.04. The van der Waals surface area contributed by atoms with Crippen LogP contribution in [0.3, 0.4) is 0 Å². The first kappa shape index (κ1) is 11.9. The van der Waals surface area contributed by atoms with Gasteiger partial charge in [-0.3, -0.25) is 0 Å². The topological polar surface area (TPSA) is 0 Å². The van der Waals surface area contributed by atoms with E-state index in [0.717, 1.165) is 0 Å². The third-order valence-corrected chi connectivity index (χ3v) is 0.0825. The molecule has 0 aromatic carbocycles. The van der Waals surface area contributed by atoms with Crippen LogP contribution in [0.5, 0.6) is 0 Å². The van der Waals surface area contributed by atoms with Crippen LogP contribution in [0.15, 0.2) is 12.4 Å². The summed E-state index contributed by atoms with van der Waals surface area (Å²) < 4.78 is 30.7. The molecule has 0 aromatic heterocycles. The van der Waals surface area contributed by atoms with Gasteiger partial charge >= 0.3 is 40.5 Å². The van der Waals surface area contributed by atoms with Crippen LogP contribution in [0.25, 0.3) is 0 Å². The van der Waals surface area contributed by atoms with Crippen LogP contribution in [0, 0.1) is 0 Å². The van der Waals surface area contributed by atoms with Crippen molar-refractivity contribution >= 4 is 27.2 Å². The molecule has 0 saturated carbocycles. The Balaban J connectivity index is 0. The van der Waals surface area contributed by atoms with Crippen molar-refractivity contribution in [1.29, 1.82) is 0 Å². The quantitative estimate of drug-likeness (QED) is 0.602. The van der Waals surface area contributed by atoms with Crippen molar-refractivity contribution in [2.24, 2.45) is 0 Å². The van der Waals surface area contributed by atoms with Crippen molar-refractivity contribution in [2.75, 3.05) is 0 Å². The molecule has 0 atom stereocenters. The van der Waals surface area contributed by atoms with Crippen LogP contribution >= 0.6 is 27.2 Å². The van der Waals surface area contributed by atoms with Crippen LogP contribution in [-0.4, -0.2) is 0 Å². The Morgan fingerprint density at radius 2 is 1.50 bits per heavy atom. The molecule has 0 aliphatic rings. The zero-order valence-corrected chi connectivity index (χ0v) is 9.81. The van der Waals surface area contributed by atoms with Crippen LogP contribution in [-0.2, 0) is 13.2 Å². The van der Waals surface area contributed by atoms with Gasteiger partial charge < -0.3 is 0 Å². The summed E-state index contributed by atoms with van der Waals surface area (Å²) in [6.45, 7) is 0. The summed E-state index contributed by atoms with van der Waals surface area (Å²) in [7, 11) is 0. The first-order valence-electron chi connectivity index (χ1n) is 1.42. The number of rotatable bonds is 0. The molecule has 0 unspecified atom stereocenters. The molecule has 46 valence electrons. The van der Waals surface area contributed by atoms with E-state index < -0.39 is 12.4 Å². The van der Waals surface area contributed by atoms with Crippen molar-refractivity contribution in [3.8, 4) is 0 Å². The molecule has 0 aliphatic heterocycles. The van der Waals surface area contributed by atoms with Crippen LogP contribution in [0.4, 0.5) is 13.2 Å². The predicted molar refractivity (Wildman–Crippen MR) is 29.3 cm³/mol. The van der Waals surface area contributed by atoms with E-state index in [-0.39, 0.29) is 13.2 Å². The van der Waals surface area contributed by atoms with Gasteiger partial charge in [0.15, 0.2) is 6.33 Å². The maximum absolute atomic E-state index is 10.2. The monoisotopic (exact) mass is 304 g/mol. The van der Waals surface area contributed by atoms with Gasteiger partial charge in [0.05, 0.1) is 0 Å². The Hall–Kier alpha value is 1.11. The summed E-state index contributed by atoms with van der Waals surface area (Å²) >= 11 is 6.25. The van der Waals surface area contributed by atoms with E-state index in [1.807, 2.05) is 0 Å². The van der Waals surface area contributed by atoms with E-state index in [9.17, 15) is 13.2 Å². The van der Waals surface area contributed by atoms with Gasteiger partial charge in [-0.1, -0.05) is 0 Å². The fourth-order valence-electron chi connectivity index (χ4n) is 0. The molecule has 0 amide bonds. The third kappa shape index (κ3) is 27.4. The molecule has 0 bridgehead atoms. The standard InChI is InChI=1S/C2HF3.2BrH.Zn/c3-1-2(4)5;;;/h1H;2*1H;/q;;;+2/p-2. The average molecular weight is 307 g/mol. The first-order valence-corrected chi connectivity index (χ1v) is 15.3. The van der Waals surface area contributed by atoms with Gasteiger partial charge in [0.25, 0.3) is 6.08 Å². The first-order chi connectivity index (χ1) is 3.68. The molecule has 0 radical (unpaired) electrons. The Labute approximate surface area is 65.8 Å². The fraction of sp³-hybridized carbons (Fsp3) is 0. The Morgan fingerprint density at radius 3 is 1.50 bits per heavy atom. The molecule has 0 aliphatic carbocycles. The summed E-state index contributed by atoms with van der Waals surface area (Å²) in [4.78, 5) is 0. The molecule has 0 rings (SSSR count). The normalized spacial score (nSPS) is 5.62. The molecule has 0 saturated heterocycles. The maximum atomic E-state index is 10.2. The second kappa shape index (κ2) is 11.0. The minimum atomic E-state index is -2.29. The van der Waals surface area contributed by atoms with Crippen molar-refractivity contribution < 1.29 is 26.4 Å². The van der Waals surface area contributed by atoms with Crippen molar-refractivity contribution in [2.45, 2.75) is 0 Å². The number of halogens is 5.